The normalized spacial score (nSPS) is 10.8. The number of hydrogen-bond acceptors (Lipinski definition) is 9. The molecule has 4 rings (SSSR count). The van der Waals surface area contributed by atoms with E-state index in [-0.39, 0.29) is 38.7 Å². The number of nitro benzene ring substituents is 1. The van der Waals surface area contributed by atoms with E-state index in [1.54, 1.807) is 6.07 Å². The molecule has 4 aromatic rings. The van der Waals surface area contributed by atoms with Crippen molar-refractivity contribution in [1.82, 2.24) is 0 Å². The van der Waals surface area contributed by atoms with Crippen molar-refractivity contribution in [3.63, 3.8) is 0 Å². The van der Waals surface area contributed by atoms with E-state index < -0.39 is 16.5 Å². The monoisotopic (exact) mass is 485 g/mol. The van der Waals surface area contributed by atoms with Crippen molar-refractivity contribution in [2.75, 3.05) is 21.3 Å². The third kappa shape index (κ3) is 3.84. The molecule has 0 saturated heterocycles. The minimum atomic E-state index is -0.841. The summed E-state index contributed by atoms with van der Waals surface area (Å²) in [5.74, 6) is 0.0918. The van der Waals surface area contributed by atoms with Crippen molar-refractivity contribution in [3.8, 4) is 23.0 Å². The van der Waals surface area contributed by atoms with Crippen LogP contribution in [0.2, 0.25) is 5.02 Å². The zero-order valence-corrected chi connectivity index (χ0v) is 18.8. The fourth-order valence-electron chi connectivity index (χ4n) is 3.54. The topological polar surface area (TPSA) is 127 Å². The molecule has 3 aromatic carbocycles. The van der Waals surface area contributed by atoms with Crippen LogP contribution in [0.25, 0.3) is 21.7 Å². The lowest BCUT2D eigenvalue weighted by Gasteiger charge is -2.15. The van der Waals surface area contributed by atoms with Gasteiger partial charge in [-0.1, -0.05) is 11.6 Å². The molecule has 0 aliphatic rings. The third-order valence-corrected chi connectivity index (χ3v) is 5.38. The van der Waals surface area contributed by atoms with E-state index in [1.165, 1.54) is 45.6 Å². The molecule has 0 N–H and O–H groups in total. The second kappa shape index (κ2) is 8.91. The van der Waals surface area contributed by atoms with Crippen LogP contribution < -0.4 is 24.6 Å². The smallest absolute Gasteiger partial charge is 0.345 e. The molecule has 11 heteroatoms. The van der Waals surface area contributed by atoms with Gasteiger partial charge < -0.3 is 23.4 Å². The fourth-order valence-corrected chi connectivity index (χ4v) is 3.79. The largest absolute Gasteiger partial charge is 0.493 e. The number of rotatable bonds is 6. The first-order valence-corrected chi connectivity index (χ1v) is 10.0. The van der Waals surface area contributed by atoms with Gasteiger partial charge in [-0.05, 0) is 24.3 Å². The van der Waals surface area contributed by atoms with Gasteiger partial charge in [0.1, 0.15) is 11.3 Å². The van der Waals surface area contributed by atoms with Crippen LogP contribution in [0.1, 0.15) is 10.4 Å². The maximum Gasteiger partial charge on any atom is 0.345 e. The van der Waals surface area contributed by atoms with E-state index in [1.807, 2.05) is 0 Å². The standard InChI is InChI=1S/C23H16ClNO9/c1-30-18-10-15-19(21(32-3)20(18)31-2)14-7-5-12(9-17(14)34-23(15)27)33-22(26)13-6-4-11(25(28)29)8-16(13)24/h4-10H,1-3H3. The Bertz CT molecular complexity index is 1530. The summed E-state index contributed by atoms with van der Waals surface area (Å²) in [4.78, 5) is 35.5. The second-order valence-electron chi connectivity index (χ2n) is 6.93. The summed E-state index contributed by atoms with van der Waals surface area (Å²) in [6.07, 6.45) is 0. The fraction of sp³-hybridized carbons (Fsp3) is 0.130. The summed E-state index contributed by atoms with van der Waals surface area (Å²) in [5, 5.41) is 11.9. The third-order valence-electron chi connectivity index (χ3n) is 5.07. The first-order chi connectivity index (χ1) is 16.3. The lowest BCUT2D eigenvalue weighted by molar-refractivity contribution is -0.384. The summed E-state index contributed by atoms with van der Waals surface area (Å²) in [5.41, 5.74) is -0.862. The highest BCUT2D eigenvalue weighted by atomic mass is 35.5. The zero-order valence-electron chi connectivity index (χ0n) is 18.0. The Balaban J connectivity index is 1.81. The van der Waals surface area contributed by atoms with Gasteiger partial charge in [0.05, 0.1) is 42.2 Å². The molecule has 34 heavy (non-hydrogen) atoms. The SMILES string of the molecule is COc1cc2c(=O)oc3cc(OC(=O)c4ccc([N+](=O)[O-])cc4Cl)ccc3c2c(OC)c1OC. The van der Waals surface area contributed by atoms with Gasteiger partial charge in [-0.25, -0.2) is 9.59 Å². The summed E-state index contributed by atoms with van der Waals surface area (Å²) in [6, 6.07) is 9.34. The number of halogens is 1. The van der Waals surface area contributed by atoms with E-state index in [0.717, 1.165) is 12.1 Å². The zero-order chi connectivity index (χ0) is 24.6. The maximum absolute atomic E-state index is 12.7. The number of carbonyl (C=O) groups is 1. The van der Waals surface area contributed by atoms with Gasteiger partial charge >= 0.3 is 11.6 Å². The van der Waals surface area contributed by atoms with Gasteiger partial charge in [-0.3, -0.25) is 10.1 Å². The molecule has 0 saturated carbocycles. The van der Waals surface area contributed by atoms with Gasteiger partial charge in [0.25, 0.3) is 5.69 Å². The Morgan fingerprint density at radius 3 is 2.32 bits per heavy atom. The van der Waals surface area contributed by atoms with E-state index >= 15 is 0 Å². The number of esters is 1. The van der Waals surface area contributed by atoms with Crippen molar-refractivity contribution in [2.45, 2.75) is 0 Å². The lowest BCUT2D eigenvalue weighted by Crippen LogP contribution is -2.09. The summed E-state index contributed by atoms with van der Waals surface area (Å²) >= 11 is 6.00. The summed E-state index contributed by atoms with van der Waals surface area (Å²) in [6.45, 7) is 0. The number of hydrogen-bond donors (Lipinski definition) is 0. The van der Waals surface area contributed by atoms with Gasteiger partial charge in [0.2, 0.25) is 5.75 Å². The molecular weight excluding hydrogens is 470 g/mol. The Morgan fingerprint density at radius 2 is 1.71 bits per heavy atom. The van der Waals surface area contributed by atoms with Gasteiger partial charge in [0, 0.05) is 29.0 Å². The molecule has 1 heterocycles. The van der Waals surface area contributed by atoms with Crippen LogP contribution in [-0.4, -0.2) is 32.2 Å². The first kappa shape index (κ1) is 22.9. The molecular formula is C23H16ClNO9. The molecule has 0 fully saturated rings. The number of non-ortho nitro benzene ring substituents is 1. The molecule has 0 unspecified atom stereocenters. The van der Waals surface area contributed by atoms with Crippen LogP contribution in [-0.2, 0) is 0 Å². The Kier molecular flexibility index (Phi) is 5.99. The highest BCUT2D eigenvalue weighted by Gasteiger charge is 2.22. The van der Waals surface area contributed by atoms with E-state index in [4.69, 9.17) is 35.0 Å². The molecule has 0 amide bonds. The van der Waals surface area contributed by atoms with Gasteiger partial charge in [-0.2, -0.15) is 0 Å². The second-order valence-corrected chi connectivity index (χ2v) is 7.33. The molecule has 0 atom stereocenters. The van der Waals surface area contributed by atoms with Gasteiger partial charge in [0.15, 0.2) is 11.5 Å². The number of methoxy groups -OCH3 is 3. The van der Waals surface area contributed by atoms with Crippen molar-refractivity contribution >= 4 is 45.0 Å². The molecule has 10 nitrogen and oxygen atoms in total. The predicted molar refractivity (Wildman–Crippen MR) is 123 cm³/mol. The average molecular weight is 486 g/mol. The lowest BCUT2D eigenvalue weighted by atomic mass is 10.0. The molecule has 0 bridgehead atoms. The number of carbonyl (C=O) groups excluding carboxylic acids is 1. The number of nitrogens with zero attached hydrogens (tertiary/aromatic N) is 1. The molecule has 1 aromatic heterocycles. The van der Waals surface area contributed by atoms with Crippen molar-refractivity contribution < 1.29 is 33.1 Å². The molecule has 0 spiro atoms. The van der Waals surface area contributed by atoms with Crippen LogP contribution in [0.5, 0.6) is 23.0 Å². The Hall–Kier alpha value is -4.31. The van der Waals surface area contributed by atoms with Crippen LogP contribution in [0.15, 0.2) is 51.7 Å². The summed E-state index contributed by atoms with van der Waals surface area (Å²) < 4.78 is 27.0. The van der Waals surface area contributed by atoms with Crippen molar-refractivity contribution in [2.24, 2.45) is 0 Å². The van der Waals surface area contributed by atoms with Crippen molar-refractivity contribution in [3.05, 3.63) is 73.6 Å². The molecule has 174 valence electrons. The molecule has 0 aliphatic heterocycles. The average Bonchev–Trinajstić information content (AvgIpc) is 2.82. The molecule has 0 aliphatic carbocycles. The highest BCUT2D eigenvalue weighted by Crippen LogP contribution is 2.45. The number of ether oxygens (including phenoxy) is 4. The van der Waals surface area contributed by atoms with E-state index in [0.29, 0.717) is 22.3 Å². The summed E-state index contributed by atoms with van der Waals surface area (Å²) in [7, 11) is 4.31. The Labute approximate surface area is 196 Å². The minimum absolute atomic E-state index is 0.0638. The Morgan fingerprint density at radius 1 is 0.971 bits per heavy atom. The molecule has 0 radical (unpaired) electrons. The van der Waals surface area contributed by atoms with Crippen molar-refractivity contribution in [1.29, 1.82) is 0 Å². The first-order valence-electron chi connectivity index (χ1n) is 9.64. The van der Waals surface area contributed by atoms with Crippen LogP contribution >= 0.6 is 11.6 Å². The predicted octanol–water partition coefficient (Wildman–Crippen LogP) is 4.75. The van der Waals surface area contributed by atoms with Crippen LogP contribution in [0, 0.1) is 10.1 Å². The van der Waals surface area contributed by atoms with Crippen LogP contribution in [0.3, 0.4) is 0 Å². The van der Waals surface area contributed by atoms with Gasteiger partial charge in [-0.15, -0.1) is 0 Å². The van der Waals surface area contributed by atoms with Crippen LogP contribution in [0.4, 0.5) is 5.69 Å². The minimum Gasteiger partial charge on any atom is -0.493 e. The van der Waals surface area contributed by atoms with E-state index in [9.17, 15) is 19.7 Å². The highest BCUT2D eigenvalue weighted by molar-refractivity contribution is 6.33. The number of fused-ring (bicyclic) bond motifs is 3. The number of nitro groups is 1. The quantitative estimate of drug-likeness (QED) is 0.0948. The number of benzene rings is 3. The van der Waals surface area contributed by atoms with E-state index in [2.05, 4.69) is 0 Å². The maximum atomic E-state index is 12.7.